The molecule has 2 aromatic heterocycles. The zero-order valence-corrected chi connectivity index (χ0v) is 13.2. The quantitative estimate of drug-likeness (QED) is 0.881. The summed E-state index contributed by atoms with van der Waals surface area (Å²) in [5, 5.41) is 8.17. The van der Waals surface area contributed by atoms with Gasteiger partial charge in [-0.3, -0.25) is 4.79 Å². The largest absolute Gasteiger partial charge is 0.350 e. The van der Waals surface area contributed by atoms with Gasteiger partial charge in [0.05, 0.1) is 0 Å². The molecule has 0 bridgehead atoms. The molecule has 1 saturated heterocycles. The van der Waals surface area contributed by atoms with Crippen molar-refractivity contribution in [2.75, 3.05) is 18.0 Å². The summed E-state index contributed by atoms with van der Waals surface area (Å²) in [6.07, 6.45) is 7.27. The third kappa shape index (κ3) is 3.92. The van der Waals surface area contributed by atoms with Gasteiger partial charge in [-0.1, -0.05) is 6.07 Å². The summed E-state index contributed by atoms with van der Waals surface area (Å²) in [5.74, 6) is -0.00361. The topological polar surface area (TPSA) is 45.2 Å². The van der Waals surface area contributed by atoms with Crippen LogP contribution in [0.3, 0.4) is 0 Å². The number of aromatic nitrogens is 1. The summed E-state index contributed by atoms with van der Waals surface area (Å²) >= 11 is 3.30. The first-order valence-electron chi connectivity index (χ1n) is 6.98. The second kappa shape index (κ2) is 6.87. The molecule has 1 fully saturated rings. The number of hydrogen-bond donors (Lipinski definition) is 1. The van der Waals surface area contributed by atoms with E-state index in [1.807, 2.05) is 35.2 Å². The van der Waals surface area contributed by atoms with Gasteiger partial charge in [0.25, 0.3) is 0 Å². The fourth-order valence-electron chi connectivity index (χ4n) is 2.38. The normalized spacial score (nSPS) is 16.5. The highest BCUT2D eigenvalue weighted by Crippen LogP contribution is 2.21. The number of thiazole rings is 1. The third-order valence-corrected chi connectivity index (χ3v) is 5.14. The Bertz CT molecular complexity index is 584. The molecule has 3 heterocycles. The van der Waals surface area contributed by atoms with Crippen LogP contribution in [0.4, 0.5) is 5.13 Å². The lowest BCUT2D eigenvalue weighted by molar-refractivity contribution is -0.117. The molecular weight excluding hydrogens is 302 g/mol. The van der Waals surface area contributed by atoms with Crippen molar-refractivity contribution in [3.05, 3.63) is 40.0 Å². The third-order valence-electron chi connectivity index (χ3n) is 3.47. The van der Waals surface area contributed by atoms with Crippen LogP contribution in [0, 0.1) is 0 Å². The van der Waals surface area contributed by atoms with Crippen LogP contribution >= 0.6 is 22.7 Å². The number of thiophene rings is 1. The Morgan fingerprint density at radius 3 is 2.86 bits per heavy atom. The van der Waals surface area contributed by atoms with Crippen molar-refractivity contribution in [2.24, 2.45) is 0 Å². The standard InChI is InChI=1S/C15H17N3OS2/c19-14(4-3-13-2-1-10-20-13)17-12-5-8-18(9-6-12)15-16-7-11-21-15/h1-4,7,10-12H,5-6,8-9H2,(H,17,19)/b4-3+. The maximum Gasteiger partial charge on any atom is 0.244 e. The van der Waals surface area contributed by atoms with Gasteiger partial charge in [0.1, 0.15) is 0 Å². The van der Waals surface area contributed by atoms with Gasteiger partial charge in [-0.25, -0.2) is 4.98 Å². The van der Waals surface area contributed by atoms with Crippen LogP contribution in [-0.4, -0.2) is 30.0 Å². The average Bonchev–Trinajstić information content (AvgIpc) is 3.19. The first-order chi connectivity index (χ1) is 10.3. The van der Waals surface area contributed by atoms with Crippen molar-refractivity contribution in [1.82, 2.24) is 10.3 Å². The number of carbonyl (C=O) groups is 1. The fraction of sp³-hybridized carbons (Fsp3) is 0.333. The number of nitrogens with one attached hydrogen (secondary N) is 1. The highest BCUT2D eigenvalue weighted by Gasteiger charge is 2.21. The molecule has 21 heavy (non-hydrogen) atoms. The van der Waals surface area contributed by atoms with E-state index in [1.54, 1.807) is 28.7 Å². The Kier molecular flexibility index (Phi) is 4.67. The van der Waals surface area contributed by atoms with Crippen LogP contribution < -0.4 is 10.2 Å². The van der Waals surface area contributed by atoms with E-state index >= 15 is 0 Å². The first-order valence-corrected chi connectivity index (χ1v) is 8.74. The molecule has 1 aliphatic heterocycles. The zero-order chi connectivity index (χ0) is 14.5. The second-order valence-electron chi connectivity index (χ2n) is 4.93. The lowest BCUT2D eigenvalue weighted by Gasteiger charge is -2.31. The monoisotopic (exact) mass is 319 g/mol. The minimum Gasteiger partial charge on any atom is -0.350 e. The van der Waals surface area contributed by atoms with Crippen molar-refractivity contribution in [2.45, 2.75) is 18.9 Å². The number of anilines is 1. The number of rotatable bonds is 4. The molecule has 3 rings (SSSR count). The maximum atomic E-state index is 11.9. The lowest BCUT2D eigenvalue weighted by Crippen LogP contribution is -2.44. The van der Waals surface area contributed by atoms with Crippen molar-refractivity contribution >= 4 is 39.8 Å². The first kappa shape index (κ1) is 14.3. The average molecular weight is 319 g/mol. The predicted molar refractivity (Wildman–Crippen MR) is 88.8 cm³/mol. The van der Waals surface area contributed by atoms with E-state index in [0.717, 1.165) is 35.9 Å². The van der Waals surface area contributed by atoms with Crippen molar-refractivity contribution < 1.29 is 4.79 Å². The summed E-state index contributed by atoms with van der Waals surface area (Å²) in [6, 6.07) is 4.25. The Balaban J connectivity index is 1.46. The molecule has 1 N–H and O–H groups in total. The SMILES string of the molecule is O=C(/C=C/c1cccs1)NC1CCN(c2nccs2)CC1. The molecule has 0 radical (unpaired) electrons. The molecule has 1 amide bonds. The minimum atomic E-state index is -0.00361. The summed E-state index contributed by atoms with van der Waals surface area (Å²) in [6.45, 7) is 1.90. The Hall–Kier alpha value is -1.66. The van der Waals surface area contributed by atoms with E-state index in [-0.39, 0.29) is 11.9 Å². The number of piperidine rings is 1. The summed E-state index contributed by atoms with van der Waals surface area (Å²) < 4.78 is 0. The molecule has 110 valence electrons. The molecule has 1 aliphatic rings. The predicted octanol–water partition coefficient (Wildman–Crippen LogP) is 3.00. The van der Waals surface area contributed by atoms with Crippen LogP contribution in [0.15, 0.2) is 35.2 Å². The maximum absolute atomic E-state index is 11.9. The number of nitrogens with zero attached hydrogens (tertiary/aromatic N) is 2. The Morgan fingerprint density at radius 1 is 1.33 bits per heavy atom. The van der Waals surface area contributed by atoms with E-state index in [0.29, 0.717) is 0 Å². The van der Waals surface area contributed by atoms with E-state index in [4.69, 9.17) is 0 Å². The fourth-order valence-corrected chi connectivity index (χ4v) is 3.70. The molecule has 0 atom stereocenters. The van der Waals surface area contributed by atoms with Crippen LogP contribution in [-0.2, 0) is 4.79 Å². The molecule has 0 spiro atoms. The van der Waals surface area contributed by atoms with Gasteiger partial charge < -0.3 is 10.2 Å². The van der Waals surface area contributed by atoms with Gasteiger partial charge in [0.15, 0.2) is 5.13 Å². The second-order valence-corrected chi connectivity index (χ2v) is 6.79. The van der Waals surface area contributed by atoms with Gasteiger partial charge >= 0.3 is 0 Å². The smallest absolute Gasteiger partial charge is 0.244 e. The Morgan fingerprint density at radius 2 is 2.19 bits per heavy atom. The van der Waals surface area contributed by atoms with Crippen LogP contribution in [0.25, 0.3) is 6.08 Å². The molecule has 6 heteroatoms. The summed E-state index contributed by atoms with van der Waals surface area (Å²) in [5.41, 5.74) is 0. The number of hydrogen-bond acceptors (Lipinski definition) is 5. The van der Waals surface area contributed by atoms with Gasteiger partial charge in [-0.15, -0.1) is 22.7 Å². The molecular formula is C15H17N3OS2. The van der Waals surface area contributed by atoms with Crippen molar-refractivity contribution in [1.29, 1.82) is 0 Å². The van der Waals surface area contributed by atoms with E-state index < -0.39 is 0 Å². The van der Waals surface area contributed by atoms with Gasteiger partial charge in [0.2, 0.25) is 5.91 Å². The minimum absolute atomic E-state index is 0.00361. The molecule has 4 nitrogen and oxygen atoms in total. The highest BCUT2D eigenvalue weighted by molar-refractivity contribution is 7.13. The highest BCUT2D eigenvalue weighted by atomic mass is 32.1. The zero-order valence-electron chi connectivity index (χ0n) is 11.6. The van der Waals surface area contributed by atoms with Crippen molar-refractivity contribution in [3.63, 3.8) is 0 Å². The van der Waals surface area contributed by atoms with Gasteiger partial charge in [-0.05, 0) is 30.4 Å². The van der Waals surface area contributed by atoms with Crippen LogP contribution in [0.1, 0.15) is 17.7 Å². The molecule has 2 aromatic rings. The van der Waals surface area contributed by atoms with Crippen LogP contribution in [0.5, 0.6) is 0 Å². The molecule has 0 unspecified atom stereocenters. The lowest BCUT2D eigenvalue weighted by atomic mass is 10.1. The van der Waals surface area contributed by atoms with Crippen LogP contribution in [0.2, 0.25) is 0 Å². The summed E-state index contributed by atoms with van der Waals surface area (Å²) in [4.78, 5) is 19.6. The van der Waals surface area contributed by atoms with E-state index in [2.05, 4.69) is 15.2 Å². The summed E-state index contributed by atoms with van der Waals surface area (Å²) in [7, 11) is 0. The number of carbonyl (C=O) groups excluding carboxylic acids is 1. The van der Waals surface area contributed by atoms with Gasteiger partial charge in [0, 0.05) is 41.7 Å². The van der Waals surface area contributed by atoms with Gasteiger partial charge in [-0.2, -0.15) is 0 Å². The molecule has 0 saturated carbocycles. The van der Waals surface area contributed by atoms with Crippen molar-refractivity contribution in [3.8, 4) is 0 Å². The molecule has 0 aromatic carbocycles. The van der Waals surface area contributed by atoms with E-state index in [1.165, 1.54) is 0 Å². The van der Waals surface area contributed by atoms with E-state index in [9.17, 15) is 4.79 Å². The Labute approximate surface area is 132 Å². The number of amides is 1. The molecule has 0 aliphatic carbocycles.